The van der Waals surface area contributed by atoms with Crippen LogP contribution in [0.2, 0.25) is 0 Å². The monoisotopic (exact) mass is 185 g/mol. The van der Waals surface area contributed by atoms with Crippen molar-refractivity contribution >= 4 is 12.1 Å². The van der Waals surface area contributed by atoms with E-state index in [1.807, 2.05) is 0 Å². The lowest BCUT2D eigenvalue weighted by atomic mass is 9.80. The minimum absolute atomic E-state index is 0.250. The van der Waals surface area contributed by atoms with Crippen molar-refractivity contribution < 1.29 is 19.5 Å². The van der Waals surface area contributed by atoms with Gasteiger partial charge in [-0.1, -0.05) is 0 Å². The van der Waals surface area contributed by atoms with E-state index in [0.29, 0.717) is 12.3 Å². The minimum atomic E-state index is -0.856. The number of fused-ring (bicyclic) bond motifs is 1. The predicted molar refractivity (Wildman–Crippen MR) is 40.4 cm³/mol. The molecule has 0 saturated heterocycles. The van der Waals surface area contributed by atoms with E-state index in [9.17, 15) is 4.79 Å². The van der Waals surface area contributed by atoms with Gasteiger partial charge in [0.2, 0.25) is 0 Å². The molecule has 0 aromatic rings. The second-order valence-corrected chi connectivity index (χ2v) is 3.67. The summed E-state index contributed by atoms with van der Waals surface area (Å²) in [4.78, 5) is 26.9. The molecule has 3 saturated carbocycles. The van der Waals surface area contributed by atoms with Crippen LogP contribution in [0, 0.1) is 11.8 Å². The lowest BCUT2D eigenvalue weighted by Gasteiger charge is -2.27. The second-order valence-electron chi connectivity index (χ2n) is 3.67. The molecule has 0 spiro atoms. The van der Waals surface area contributed by atoms with Gasteiger partial charge in [-0.25, -0.2) is 0 Å². The van der Waals surface area contributed by atoms with Crippen molar-refractivity contribution in [3.63, 3.8) is 0 Å². The molecule has 3 fully saturated rings. The van der Waals surface area contributed by atoms with Crippen LogP contribution < -0.4 is 5.73 Å². The Balaban J connectivity index is 0.000000251. The number of carboxylic acids is 1. The van der Waals surface area contributed by atoms with Crippen molar-refractivity contribution in [3.05, 3.63) is 0 Å². The van der Waals surface area contributed by atoms with Gasteiger partial charge < -0.3 is 10.8 Å². The molecular formula is C8H11NO4. The van der Waals surface area contributed by atoms with Crippen molar-refractivity contribution in [1.29, 1.82) is 0 Å². The summed E-state index contributed by atoms with van der Waals surface area (Å²) in [6, 6.07) is 0. The van der Waals surface area contributed by atoms with Crippen molar-refractivity contribution in [2.45, 2.75) is 24.8 Å². The lowest BCUT2D eigenvalue weighted by Crippen LogP contribution is -2.49. The molecule has 3 aliphatic rings. The molecule has 1 unspecified atom stereocenters. The number of hydrogen-bond acceptors (Lipinski definition) is 4. The first-order chi connectivity index (χ1) is 6.04. The van der Waals surface area contributed by atoms with Crippen LogP contribution in [0.25, 0.3) is 0 Å². The Morgan fingerprint density at radius 2 is 1.92 bits per heavy atom. The van der Waals surface area contributed by atoms with Gasteiger partial charge >= 0.3 is 12.1 Å². The third-order valence-corrected chi connectivity index (χ3v) is 2.99. The fourth-order valence-electron chi connectivity index (χ4n) is 2.23. The number of aliphatic carboxylic acids is 1. The highest BCUT2D eigenvalue weighted by Gasteiger charge is 2.57. The van der Waals surface area contributed by atoms with Crippen LogP contribution in [-0.2, 0) is 14.4 Å². The van der Waals surface area contributed by atoms with E-state index >= 15 is 0 Å². The van der Waals surface area contributed by atoms with Gasteiger partial charge in [0.25, 0.3) is 0 Å². The number of nitrogens with two attached hydrogens (primary N) is 1. The molecular weight excluding hydrogens is 174 g/mol. The van der Waals surface area contributed by atoms with Crippen molar-refractivity contribution in [3.8, 4) is 0 Å². The molecule has 0 amide bonds. The highest BCUT2D eigenvalue weighted by atomic mass is 16.4. The Labute approximate surface area is 74.9 Å². The Morgan fingerprint density at radius 3 is 2.08 bits per heavy atom. The molecule has 5 nitrogen and oxygen atoms in total. The topological polar surface area (TPSA) is 97.5 Å². The predicted octanol–water partition coefficient (Wildman–Crippen LogP) is -0.385. The van der Waals surface area contributed by atoms with Crippen LogP contribution in [0.3, 0.4) is 0 Å². The molecule has 0 aromatic heterocycles. The summed E-state index contributed by atoms with van der Waals surface area (Å²) < 4.78 is 0. The van der Waals surface area contributed by atoms with E-state index in [2.05, 4.69) is 0 Å². The second kappa shape index (κ2) is 3.28. The zero-order valence-corrected chi connectivity index (χ0v) is 7.03. The van der Waals surface area contributed by atoms with Crippen LogP contribution in [0.15, 0.2) is 0 Å². The van der Waals surface area contributed by atoms with Gasteiger partial charge in [0, 0.05) is 0 Å². The van der Waals surface area contributed by atoms with Gasteiger partial charge in [0.15, 0.2) is 0 Å². The first-order valence-corrected chi connectivity index (χ1v) is 4.06. The fourth-order valence-corrected chi connectivity index (χ4v) is 2.23. The van der Waals surface area contributed by atoms with E-state index in [1.54, 1.807) is 0 Å². The van der Waals surface area contributed by atoms with E-state index in [-0.39, 0.29) is 12.1 Å². The van der Waals surface area contributed by atoms with E-state index < -0.39 is 11.5 Å². The van der Waals surface area contributed by atoms with Crippen LogP contribution >= 0.6 is 0 Å². The number of carbonyl (C=O) groups is 1. The Kier molecular flexibility index (Phi) is 2.50. The molecule has 1 atom stereocenters. The maximum atomic E-state index is 10.6. The Morgan fingerprint density at radius 1 is 1.46 bits per heavy atom. The molecule has 0 aliphatic heterocycles. The summed E-state index contributed by atoms with van der Waals surface area (Å²) in [5.74, 6) is 0.0820. The SMILES string of the molecule is NC1(C(=O)O)CC2CC1C2.O=C=O. The summed E-state index contributed by atoms with van der Waals surface area (Å²) in [6.07, 6.45) is 3.04. The van der Waals surface area contributed by atoms with Crippen LogP contribution in [0.1, 0.15) is 19.3 Å². The third kappa shape index (κ3) is 1.48. The Bertz CT molecular complexity index is 253. The molecule has 5 heteroatoms. The largest absolute Gasteiger partial charge is 0.480 e. The van der Waals surface area contributed by atoms with Gasteiger partial charge in [-0.15, -0.1) is 0 Å². The quantitative estimate of drug-likeness (QED) is 0.580. The summed E-state index contributed by atoms with van der Waals surface area (Å²) in [5, 5.41) is 8.74. The van der Waals surface area contributed by atoms with Crippen molar-refractivity contribution in [2.24, 2.45) is 17.6 Å². The molecule has 0 radical (unpaired) electrons. The molecule has 3 aliphatic carbocycles. The highest BCUT2D eigenvalue weighted by Crippen LogP contribution is 2.53. The molecule has 13 heavy (non-hydrogen) atoms. The summed E-state index contributed by atoms with van der Waals surface area (Å²) in [6.45, 7) is 0. The Hall–Kier alpha value is -1.19. The van der Waals surface area contributed by atoms with Gasteiger partial charge in [-0.05, 0) is 31.1 Å². The number of carbonyl (C=O) groups excluding carboxylic acids is 2. The molecule has 3 N–H and O–H groups in total. The summed E-state index contributed by atoms with van der Waals surface area (Å²) in [5.41, 5.74) is 4.83. The zero-order valence-electron chi connectivity index (χ0n) is 7.03. The minimum Gasteiger partial charge on any atom is -0.480 e. The van der Waals surface area contributed by atoms with Crippen LogP contribution in [-0.4, -0.2) is 22.8 Å². The molecule has 0 aromatic carbocycles. The molecule has 3 rings (SSSR count). The van der Waals surface area contributed by atoms with Crippen molar-refractivity contribution in [2.75, 3.05) is 0 Å². The van der Waals surface area contributed by atoms with E-state index in [0.717, 1.165) is 12.8 Å². The molecule has 2 bridgehead atoms. The standard InChI is InChI=1S/C7H11NO2.CO2/c8-7(6(9)10)3-4-1-5(7)2-4;2-1-3/h4-5H,1-3,8H2,(H,9,10);. The van der Waals surface area contributed by atoms with Gasteiger partial charge in [0.1, 0.15) is 5.54 Å². The number of rotatable bonds is 1. The van der Waals surface area contributed by atoms with E-state index in [4.69, 9.17) is 20.4 Å². The molecule has 0 heterocycles. The average molecular weight is 185 g/mol. The maximum absolute atomic E-state index is 10.6. The van der Waals surface area contributed by atoms with Crippen molar-refractivity contribution in [1.82, 2.24) is 0 Å². The first-order valence-electron chi connectivity index (χ1n) is 4.06. The fraction of sp³-hybridized carbons (Fsp3) is 0.750. The lowest BCUT2D eigenvalue weighted by molar-refractivity contribution is -0.191. The third-order valence-electron chi connectivity index (χ3n) is 2.99. The average Bonchev–Trinajstić information content (AvgIpc) is 2.42. The maximum Gasteiger partial charge on any atom is 0.373 e. The summed E-state index contributed by atoms with van der Waals surface area (Å²) >= 11 is 0. The van der Waals surface area contributed by atoms with Gasteiger partial charge in [0.05, 0.1) is 0 Å². The zero-order chi connectivity index (χ0) is 10.1. The van der Waals surface area contributed by atoms with Crippen LogP contribution in [0.4, 0.5) is 0 Å². The first kappa shape index (κ1) is 9.89. The number of carboxylic acid groups (broad SMARTS) is 1. The number of hydrogen-bond donors (Lipinski definition) is 2. The highest BCUT2D eigenvalue weighted by molar-refractivity contribution is 5.80. The van der Waals surface area contributed by atoms with Crippen LogP contribution in [0.5, 0.6) is 0 Å². The van der Waals surface area contributed by atoms with Gasteiger partial charge in [-0.2, -0.15) is 9.59 Å². The normalized spacial score (nSPS) is 39.5. The molecule has 72 valence electrons. The summed E-state index contributed by atoms with van der Waals surface area (Å²) in [7, 11) is 0. The van der Waals surface area contributed by atoms with Gasteiger partial charge in [-0.3, -0.25) is 4.79 Å². The van der Waals surface area contributed by atoms with E-state index in [1.165, 1.54) is 0 Å². The smallest absolute Gasteiger partial charge is 0.373 e.